The largest absolute Gasteiger partial charge is 0.296 e. The Hall–Kier alpha value is -2.92. The van der Waals surface area contributed by atoms with E-state index in [-0.39, 0.29) is 0 Å². The number of nitriles is 1. The van der Waals surface area contributed by atoms with E-state index < -0.39 is 12.8 Å². The first-order valence-corrected chi connectivity index (χ1v) is 10.4. The number of benzene rings is 3. The third-order valence-corrected chi connectivity index (χ3v) is 7.10. The fourth-order valence-corrected chi connectivity index (χ4v) is 5.33. The molecule has 3 rings (SSSR count). The molecule has 0 bridgehead atoms. The Morgan fingerprint density at radius 1 is 0.852 bits per heavy atom. The van der Waals surface area contributed by atoms with Crippen molar-refractivity contribution in [1.82, 2.24) is 5.09 Å². The second kappa shape index (κ2) is 8.18. The van der Waals surface area contributed by atoms with Gasteiger partial charge >= 0.3 is 0 Å². The van der Waals surface area contributed by atoms with E-state index in [1.54, 1.807) is 13.0 Å². The molecule has 3 aromatic rings. The number of rotatable bonds is 6. The van der Waals surface area contributed by atoms with E-state index in [1.807, 2.05) is 97.1 Å². The zero-order valence-electron chi connectivity index (χ0n) is 15.1. The van der Waals surface area contributed by atoms with Gasteiger partial charge in [-0.2, -0.15) is 5.26 Å². The smallest absolute Gasteiger partial charge is 0.206 e. The van der Waals surface area contributed by atoms with Crippen LogP contribution in [-0.4, -0.2) is 5.54 Å². The van der Waals surface area contributed by atoms with Crippen LogP contribution in [0.3, 0.4) is 0 Å². The van der Waals surface area contributed by atoms with E-state index in [2.05, 4.69) is 11.2 Å². The summed E-state index contributed by atoms with van der Waals surface area (Å²) in [4.78, 5) is 0. The predicted octanol–water partition coefficient (Wildman–Crippen LogP) is 4.50. The van der Waals surface area contributed by atoms with E-state index in [0.29, 0.717) is 10.6 Å². The SMILES string of the molecule is C[C@@](C#N)(/C=C/c1ccccc1)NP(=O)(c1ccccc1)c1ccccc1. The van der Waals surface area contributed by atoms with Crippen LogP contribution in [0.25, 0.3) is 6.08 Å². The van der Waals surface area contributed by atoms with Gasteiger partial charge in [0.15, 0.2) is 0 Å². The van der Waals surface area contributed by atoms with E-state index in [9.17, 15) is 9.83 Å². The molecule has 0 aromatic heterocycles. The maximum Gasteiger partial charge on any atom is 0.206 e. The zero-order chi connectivity index (χ0) is 19.2. The summed E-state index contributed by atoms with van der Waals surface area (Å²) in [5, 5.41) is 14.3. The molecule has 0 amide bonds. The molecule has 0 aliphatic carbocycles. The minimum Gasteiger partial charge on any atom is -0.296 e. The van der Waals surface area contributed by atoms with Gasteiger partial charge in [0.1, 0.15) is 5.54 Å². The van der Waals surface area contributed by atoms with Gasteiger partial charge in [-0.05, 0) is 42.8 Å². The van der Waals surface area contributed by atoms with E-state index in [4.69, 9.17) is 0 Å². The summed E-state index contributed by atoms with van der Waals surface area (Å²) in [6.45, 7) is 1.74. The Morgan fingerprint density at radius 2 is 1.30 bits per heavy atom. The normalized spacial score (nSPS) is 13.8. The van der Waals surface area contributed by atoms with Crippen molar-refractivity contribution in [2.75, 3.05) is 0 Å². The quantitative estimate of drug-likeness (QED) is 0.648. The summed E-state index contributed by atoms with van der Waals surface area (Å²) in [7, 11) is -3.21. The Bertz CT molecular complexity index is 951. The number of nitrogens with one attached hydrogen (secondary N) is 1. The molecular formula is C23H21N2OP. The van der Waals surface area contributed by atoms with Gasteiger partial charge < -0.3 is 0 Å². The van der Waals surface area contributed by atoms with E-state index >= 15 is 0 Å². The van der Waals surface area contributed by atoms with Crippen LogP contribution in [0.2, 0.25) is 0 Å². The second-order valence-electron chi connectivity index (χ2n) is 6.45. The third kappa shape index (κ3) is 4.44. The first-order valence-electron chi connectivity index (χ1n) is 8.72. The first-order chi connectivity index (χ1) is 13.1. The molecule has 0 aliphatic heterocycles. The molecule has 3 aromatic carbocycles. The molecule has 0 unspecified atom stereocenters. The highest BCUT2D eigenvalue weighted by Crippen LogP contribution is 2.41. The summed E-state index contributed by atoms with van der Waals surface area (Å²) in [5.41, 5.74) is -0.119. The summed E-state index contributed by atoms with van der Waals surface area (Å²) >= 11 is 0. The molecule has 0 spiro atoms. The molecule has 0 radical (unpaired) electrons. The lowest BCUT2D eigenvalue weighted by atomic mass is 10.0. The first kappa shape index (κ1) is 18.9. The molecule has 3 nitrogen and oxygen atoms in total. The van der Waals surface area contributed by atoms with Crippen molar-refractivity contribution in [1.29, 1.82) is 5.26 Å². The van der Waals surface area contributed by atoms with Gasteiger partial charge in [0, 0.05) is 10.6 Å². The summed E-state index contributed by atoms with van der Waals surface area (Å²) in [5.74, 6) is 0. The fraction of sp³-hybridized carbons (Fsp3) is 0.0870. The highest BCUT2D eigenvalue weighted by atomic mass is 31.2. The Morgan fingerprint density at radius 3 is 1.74 bits per heavy atom. The van der Waals surface area contributed by atoms with Gasteiger partial charge in [-0.15, -0.1) is 0 Å². The highest BCUT2D eigenvalue weighted by molar-refractivity contribution is 7.77. The Balaban J connectivity index is 2.02. The molecule has 134 valence electrons. The van der Waals surface area contributed by atoms with Gasteiger partial charge in [0.25, 0.3) is 0 Å². The number of nitrogens with zero attached hydrogens (tertiary/aromatic N) is 1. The summed E-state index contributed by atoms with van der Waals surface area (Å²) in [6, 6.07) is 30.6. The van der Waals surface area contributed by atoms with Gasteiger partial charge in [-0.1, -0.05) is 72.8 Å². The van der Waals surface area contributed by atoms with Crippen LogP contribution < -0.4 is 15.7 Å². The number of hydrogen-bond acceptors (Lipinski definition) is 2. The maximum absolute atomic E-state index is 14.1. The Kier molecular flexibility index (Phi) is 5.72. The standard InChI is InChI=1S/C23H21N2OP/c1-23(19-24,18-17-20-11-5-2-6-12-20)25-27(26,21-13-7-3-8-14-21)22-15-9-4-10-16-22/h2-18H,1H3,(H,25,26)/b18-17+/t23-/m0/s1. The molecule has 0 saturated carbocycles. The molecule has 0 aliphatic rings. The topological polar surface area (TPSA) is 52.9 Å². The predicted molar refractivity (Wildman–Crippen MR) is 112 cm³/mol. The average Bonchev–Trinajstić information content (AvgIpc) is 2.74. The van der Waals surface area contributed by atoms with Crippen LogP contribution in [0.4, 0.5) is 0 Å². The molecule has 4 heteroatoms. The van der Waals surface area contributed by atoms with Crippen LogP contribution in [0.1, 0.15) is 12.5 Å². The van der Waals surface area contributed by atoms with Crippen molar-refractivity contribution >= 4 is 24.0 Å². The second-order valence-corrected chi connectivity index (χ2v) is 8.93. The molecule has 27 heavy (non-hydrogen) atoms. The summed E-state index contributed by atoms with van der Waals surface area (Å²) in [6.07, 6.45) is 3.64. The lowest BCUT2D eigenvalue weighted by molar-refractivity contribution is 0.561. The molecule has 0 saturated heterocycles. The average molecular weight is 372 g/mol. The fourth-order valence-electron chi connectivity index (χ4n) is 2.81. The van der Waals surface area contributed by atoms with Crippen molar-refractivity contribution < 1.29 is 4.57 Å². The molecule has 1 atom stereocenters. The van der Waals surface area contributed by atoms with Crippen LogP contribution in [0.5, 0.6) is 0 Å². The van der Waals surface area contributed by atoms with Crippen LogP contribution >= 0.6 is 7.29 Å². The van der Waals surface area contributed by atoms with Gasteiger partial charge in [-0.25, -0.2) is 5.09 Å². The van der Waals surface area contributed by atoms with Crippen molar-refractivity contribution in [2.24, 2.45) is 0 Å². The lowest BCUT2D eigenvalue weighted by Gasteiger charge is -2.28. The van der Waals surface area contributed by atoms with Crippen LogP contribution in [-0.2, 0) is 4.57 Å². The monoisotopic (exact) mass is 372 g/mol. The van der Waals surface area contributed by atoms with Gasteiger partial charge in [-0.3, -0.25) is 4.57 Å². The van der Waals surface area contributed by atoms with Crippen LogP contribution in [0, 0.1) is 11.3 Å². The zero-order valence-corrected chi connectivity index (χ0v) is 16.0. The molecular weight excluding hydrogens is 351 g/mol. The van der Waals surface area contributed by atoms with Crippen LogP contribution in [0.15, 0.2) is 97.1 Å². The lowest BCUT2D eigenvalue weighted by Crippen LogP contribution is -2.42. The van der Waals surface area contributed by atoms with Crippen molar-refractivity contribution in [3.05, 3.63) is 103 Å². The third-order valence-electron chi connectivity index (χ3n) is 4.27. The van der Waals surface area contributed by atoms with E-state index in [1.165, 1.54) is 0 Å². The minimum atomic E-state index is -3.21. The van der Waals surface area contributed by atoms with Crippen molar-refractivity contribution in [3.8, 4) is 6.07 Å². The number of hydrogen-bond donors (Lipinski definition) is 1. The van der Waals surface area contributed by atoms with Crippen molar-refractivity contribution in [3.63, 3.8) is 0 Å². The maximum atomic E-state index is 14.1. The summed E-state index contributed by atoms with van der Waals surface area (Å²) < 4.78 is 14.1. The van der Waals surface area contributed by atoms with Crippen molar-refractivity contribution in [2.45, 2.75) is 12.5 Å². The van der Waals surface area contributed by atoms with Gasteiger partial charge in [0.05, 0.1) is 6.07 Å². The Labute approximate surface area is 160 Å². The molecule has 0 fully saturated rings. The van der Waals surface area contributed by atoms with Gasteiger partial charge in [0.2, 0.25) is 7.29 Å². The minimum absolute atomic E-state index is 0.672. The molecule has 0 heterocycles. The van der Waals surface area contributed by atoms with E-state index in [0.717, 1.165) is 5.56 Å². The highest BCUT2D eigenvalue weighted by Gasteiger charge is 2.35. The molecule has 1 N–H and O–H groups in total.